The number of phenolic OH excluding ortho intramolecular Hbond substituents is 1. The van der Waals surface area contributed by atoms with E-state index in [0.717, 1.165) is 12.8 Å². The van der Waals surface area contributed by atoms with E-state index in [0.29, 0.717) is 32.6 Å². The lowest BCUT2D eigenvalue weighted by molar-refractivity contribution is -0.142. The monoisotopic (exact) mass is 452 g/mol. The van der Waals surface area contributed by atoms with Crippen molar-refractivity contribution in [2.24, 2.45) is 5.92 Å². The molecular formula is C22H20N4O5S. The van der Waals surface area contributed by atoms with E-state index >= 15 is 0 Å². The van der Waals surface area contributed by atoms with Crippen molar-refractivity contribution in [3.05, 3.63) is 52.5 Å². The van der Waals surface area contributed by atoms with E-state index in [9.17, 15) is 24.6 Å². The number of aromatic nitrogens is 1. The van der Waals surface area contributed by atoms with E-state index in [4.69, 9.17) is 0 Å². The Bertz CT molecular complexity index is 1250. The number of anilines is 1. The van der Waals surface area contributed by atoms with Crippen LogP contribution in [0.3, 0.4) is 0 Å². The SMILES string of the molecule is O=C(Nc1ccc(C(=O)N[C@@H]2c3cccc(O)c3C[C@@H]2C(=O)O)c2scnc12)NC1CC1. The minimum absolute atomic E-state index is 0.0234. The quantitative estimate of drug-likeness (QED) is 0.403. The number of carboxylic acid groups (broad SMARTS) is 1. The van der Waals surface area contributed by atoms with Gasteiger partial charge in [-0.2, -0.15) is 0 Å². The number of aliphatic carboxylic acids is 1. The molecule has 0 aliphatic heterocycles. The molecule has 10 heteroatoms. The highest BCUT2D eigenvalue weighted by atomic mass is 32.1. The molecule has 2 atom stereocenters. The van der Waals surface area contributed by atoms with Crippen molar-refractivity contribution in [3.8, 4) is 5.75 Å². The van der Waals surface area contributed by atoms with Gasteiger partial charge in [0.25, 0.3) is 5.91 Å². The Morgan fingerprint density at radius 1 is 1.09 bits per heavy atom. The van der Waals surface area contributed by atoms with Crippen LogP contribution in [-0.2, 0) is 11.2 Å². The molecule has 1 saturated carbocycles. The Balaban J connectivity index is 1.42. The van der Waals surface area contributed by atoms with Crippen LogP contribution in [-0.4, -0.2) is 39.1 Å². The zero-order valence-corrected chi connectivity index (χ0v) is 17.6. The van der Waals surface area contributed by atoms with Gasteiger partial charge in [-0.15, -0.1) is 11.3 Å². The number of aromatic hydroxyl groups is 1. The number of hydrogen-bond donors (Lipinski definition) is 5. The van der Waals surface area contributed by atoms with Gasteiger partial charge in [0.1, 0.15) is 11.3 Å². The minimum Gasteiger partial charge on any atom is -0.508 e. The molecule has 0 radical (unpaired) electrons. The van der Waals surface area contributed by atoms with E-state index in [2.05, 4.69) is 20.9 Å². The molecule has 0 bridgehead atoms. The fourth-order valence-corrected chi connectivity index (χ4v) is 4.91. The summed E-state index contributed by atoms with van der Waals surface area (Å²) in [4.78, 5) is 41.4. The molecule has 1 heterocycles. The van der Waals surface area contributed by atoms with E-state index in [1.54, 1.807) is 29.8 Å². The molecule has 164 valence electrons. The molecule has 5 rings (SSSR count). The largest absolute Gasteiger partial charge is 0.508 e. The molecule has 9 nitrogen and oxygen atoms in total. The van der Waals surface area contributed by atoms with Crippen LogP contribution in [0, 0.1) is 5.92 Å². The highest BCUT2D eigenvalue weighted by molar-refractivity contribution is 7.17. The summed E-state index contributed by atoms with van der Waals surface area (Å²) in [7, 11) is 0. The highest BCUT2D eigenvalue weighted by Gasteiger charge is 2.40. The maximum absolute atomic E-state index is 13.2. The maximum Gasteiger partial charge on any atom is 0.319 e. The van der Waals surface area contributed by atoms with Gasteiger partial charge < -0.3 is 26.2 Å². The number of phenols is 1. The number of nitrogens with zero attached hydrogens (tertiary/aromatic N) is 1. The molecule has 3 aromatic rings. The summed E-state index contributed by atoms with van der Waals surface area (Å²) in [5, 5.41) is 28.3. The van der Waals surface area contributed by atoms with Gasteiger partial charge in [-0.3, -0.25) is 9.59 Å². The number of fused-ring (bicyclic) bond motifs is 2. The Hall–Kier alpha value is -3.66. The number of amides is 3. The lowest BCUT2D eigenvalue weighted by Gasteiger charge is -2.19. The van der Waals surface area contributed by atoms with Crippen molar-refractivity contribution < 1.29 is 24.6 Å². The van der Waals surface area contributed by atoms with Crippen LogP contribution < -0.4 is 16.0 Å². The van der Waals surface area contributed by atoms with Gasteiger partial charge in [0.05, 0.1) is 33.4 Å². The normalized spacial score (nSPS) is 19.4. The number of nitrogens with one attached hydrogen (secondary N) is 3. The average Bonchev–Trinajstić information content (AvgIpc) is 3.28. The summed E-state index contributed by atoms with van der Waals surface area (Å²) in [5.41, 5.74) is 4.06. The number of hydrogen-bond acceptors (Lipinski definition) is 6. The Kier molecular flexibility index (Phi) is 4.93. The van der Waals surface area contributed by atoms with E-state index < -0.39 is 23.8 Å². The van der Waals surface area contributed by atoms with Crippen molar-refractivity contribution in [1.82, 2.24) is 15.6 Å². The molecule has 5 N–H and O–H groups in total. The number of benzene rings is 2. The first-order valence-corrected chi connectivity index (χ1v) is 11.1. The zero-order valence-electron chi connectivity index (χ0n) is 16.8. The third kappa shape index (κ3) is 3.62. The van der Waals surface area contributed by atoms with Crippen molar-refractivity contribution in [2.75, 3.05) is 5.32 Å². The first-order chi connectivity index (χ1) is 15.4. The van der Waals surface area contributed by atoms with Crippen LogP contribution in [0.15, 0.2) is 35.8 Å². The average molecular weight is 452 g/mol. The van der Waals surface area contributed by atoms with Gasteiger partial charge in [0.15, 0.2) is 0 Å². The molecule has 0 unspecified atom stereocenters. The Morgan fingerprint density at radius 3 is 2.66 bits per heavy atom. The third-order valence-electron chi connectivity index (χ3n) is 5.84. The molecule has 0 saturated heterocycles. The summed E-state index contributed by atoms with van der Waals surface area (Å²) >= 11 is 1.26. The molecule has 32 heavy (non-hydrogen) atoms. The van der Waals surface area contributed by atoms with Crippen molar-refractivity contribution >= 4 is 45.1 Å². The van der Waals surface area contributed by atoms with Gasteiger partial charge in [0, 0.05) is 11.6 Å². The van der Waals surface area contributed by atoms with Crippen molar-refractivity contribution in [2.45, 2.75) is 31.3 Å². The number of carbonyl (C=O) groups is 3. The molecule has 2 aliphatic rings. The smallest absolute Gasteiger partial charge is 0.319 e. The summed E-state index contributed by atoms with van der Waals surface area (Å²) in [6, 6.07) is 7.19. The van der Waals surface area contributed by atoms with Crippen LogP contribution >= 0.6 is 11.3 Å². The van der Waals surface area contributed by atoms with Gasteiger partial charge in [-0.05, 0) is 43.0 Å². The standard InChI is InChI=1S/C22H20N4O5S/c27-16-3-1-2-11-13(16)8-14(21(29)30)17(11)26-20(28)12-6-7-15(18-19(12)32-9-23-18)25-22(31)24-10-4-5-10/h1-3,6-7,9-10,14,17,27H,4-5,8H2,(H,26,28)(H,29,30)(H2,24,25,31)/t14-,17+/m0/s1. The highest BCUT2D eigenvalue weighted by Crippen LogP contribution is 2.41. The van der Waals surface area contributed by atoms with Gasteiger partial charge in [-0.1, -0.05) is 12.1 Å². The Labute approximate surface area is 186 Å². The fraction of sp³-hybridized carbons (Fsp3) is 0.273. The molecule has 3 amide bonds. The van der Waals surface area contributed by atoms with E-state index in [1.165, 1.54) is 17.4 Å². The van der Waals surface area contributed by atoms with Gasteiger partial charge in [0.2, 0.25) is 0 Å². The first-order valence-electron chi connectivity index (χ1n) is 10.2. The topological polar surface area (TPSA) is 141 Å². The minimum atomic E-state index is -1.05. The lowest BCUT2D eigenvalue weighted by atomic mass is 10.00. The second kappa shape index (κ2) is 7.79. The fourth-order valence-electron chi connectivity index (χ4n) is 4.09. The lowest BCUT2D eigenvalue weighted by Crippen LogP contribution is -2.34. The summed E-state index contributed by atoms with van der Waals surface area (Å²) in [6.07, 6.45) is 2.08. The zero-order chi connectivity index (χ0) is 22.4. The predicted octanol–water partition coefficient (Wildman–Crippen LogP) is 3.01. The number of thiazole rings is 1. The van der Waals surface area contributed by atoms with Crippen LogP contribution in [0.2, 0.25) is 0 Å². The van der Waals surface area contributed by atoms with Crippen LogP contribution in [0.25, 0.3) is 10.2 Å². The third-order valence-corrected chi connectivity index (χ3v) is 6.70. The number of carboxylic acids is 1. The summed E-state index contributed by atoms with van der Waals surface area (Å²) in [5.74, 6) is -2.35. The second-order valence-corrected chi connectivity index (χ2v) is 8.86. The van der Waals surface area contributed by atoms with Gasteiger partial charge >= 0.3 is 12.0 Å². The molecule has 2 aliphatic carbocycles. The Morgan fingerprint density at radius 2 is 1.91 bits per heavy atom. The molecular weight excluding hydrogens is 432 g/mol. The van der Waals surface area contributed by atoms with Crippen LogP contribution in [0.5, 0.6) is 5.75 Å². The predicted molar refractivity (Wildman–Crippen MR) is 118 cm³/mol. The summed E-state index contributed by atoms with van der Waals surface area (Å²) in [6.45, 7) is 0. The molecule has 0 spiro atoms. The molecule has 1 fully saturated rings. The molecule has 2 aromatic carbocycles. The van der Waals surface area contributed by atoms with Crippen molar-refractivity contribution in [1.29, 1.82) is 0 Å². The van der Waals surface area contributed by atoms with Crippen LogP contribution in [0.4, 0.5) is 10.5 Å². The number of urea groups is 1. The van der Waals surface area contributed by atoms with Crippen LogP contribution in [0.1, 0.15) is 40.4 Å². The second-order valence-electron chi connectivity index (χ2n) is 8.01. The van der Waals surface area contributed by atoms with Crippen molar-refractivity contribution in [3.63, 3.8) is 0 Å². The van der Waals surface area contributed by atoms with Gasteiger partial charge in [-0.25, -0.2) is 9.78 Å². The van der Waals surface area contributed by atoms with E-state index in [1.807, 2.05) is 0 Å². The molecule has 1 aromatic heterocycles. The number of rotatable bonds is 5. The number of carbonyl (C=O) groups excluding carboxylic acids is 2. The maximum atomic E-state index is 13.2. The van der Waals surface area contributed by atoms with E-state index in [-0.39, 0.29) is 24.2 Å². The summed E-state index contributed by atoms with van der Waals surface area (Å²) < 4.78 is 0.590. The first kappa shape index (κ1) is 20.3.